The predicted molar refractivity (Wildman–Crippen MR) is 78.0 cm³/mol. The molecule has 2 aromatic rings. The third-order valence-electron chi connectivity index (χ3n) is 2.70. The molecule has 0 fully saturated rings. The van der Waals surface area contributed by atoms with Gasteiger partial charge in [0.2, 0.25) is 0 Å². The fourth-order valence-electron chi connectivity index (χ4n) is 1.90. The highest BCUT2D eigenvalue weighted by atomic mass is 35.7. The van der Waals surface area contributed by atoms with Crippen LogP contribution in [0.4, 0.5) is 0 Å². The number of halogens is 1. The minimum Gasteiger partial charge on any atom is -0.345 e. The molecule has 0 bridgehead atoms. The van der Waals surface area contributed by atoms with E-state index in [1.165, 1.54) is 0 Å². The quantitative estimate of drug-likeness (QED) is 0.628. The van der Waals surface area contributed by atoms with Crippen LogP contribution in [-0.4, -0.2) is 24.5 Å². The van der Waals surface area contributed by atoms with Crippen LogP contribution in [0.1, 0.15) is 6.92 Å². The molecule has 0 aliphatic heterocycles. The molecule has 2 rings (SSSR count). The maximum atomic E-state index is 11.5. The first-order valence-corrected chi connectivity index (χ1v) is 9.10. The Morgan fingerprint density at radius 1 is 1.33 bits per heavy atom. The van der Waals surface area contributed by atoms with E-state index in [-0.39, 0.29) is 4.90 Å². The molecule has 0 unspecified atom stereocenters. The van der Waals surface area contributed by atoms with Crippen LogP contribution in [0.15, 0.2) is 35.4 Å². The van der Waals surface area contributed by atoms with Gasteiger partial charge < -0.3 is 4.57 Å². The molecule has 6 heteroatoms. The Kier molecular flexibility index (Phi) is 4.25. The van der Waals surface area contributed by atoms with E-state index in [0.717, 1.165) is 23.6 Å². The first kappa shape index (κ1) is 13.8. The number of hydrogen-bond acceptors (Lipinski definition) is 3. The van der Waals surface area contributed by atoms with Gasteiger partial charge in [-0.25, -0.2) is 8.42 Å². The van der Waals surface area contributed by atoms with Gasteiger partial charge in [-0.3, -0.25) is 0 Å². The van der Waals surface area contributed by atoms with Crippen LogP contribution in [0.2, 0.25) is 0 Å². The van der Waals surface area contributed by atoms with E-state index in [1.807, 2.05) is 34.5 Å². The number of hydrogen-bond donors (Lipinski definition) is 0. The third kappa shape index (κ3) is 2.84. The van der Waals surface area contributed by atoms with Gasteiger partial charge in [0.15, 0.2) is 0 Å². The van der Waals surface area contributed by atoms with Gasteiger partial charge in [0.05, 0.1) is 0 Å². The summed E-state index contributed by atoms with van der Waals surface area (Å²) in [7, 11) is 1.77. The maximum Gasteiger partial charge on any atom is 0.263 e. The summed E-state index contributed by atoms with van der Waals surface area (Å²) in [4.78, 5) is 0.196. The van der Waals surface area contributed by atoms with Crippen LogP contribution in [-0.2, 0) is 15.6 Å². The zero-order valence-electron chi connectivity index (χ0n) is 9.97. The van der Waals surface area contributed by atoms with Crippen LogP contribution >= 0.6 is 22.4 Å². The molecular formula is C12H14ClNO2S2. The van der Waals surface area contributed by atoms with E-state index < -0.39 is 9.05 Å². The second kappa shape index (κ2) is 5.55. The monoisotopic (exact) mass is 303 g/mol. The minimum absolute atomic E-state index is 0.196. The molecule has 3 nitrogen and oxygen atoms in total. The van der Waals surface area contributed by atoms with E-state index in [4.69, 9.17) is 10.7 Å². The van der Waals surface area contributed by atoms with Crippen molar-refractivity contribution < 1.29 is 8.42 Å². The summed E-state index contributed by atoms with van der Waals surface area (Å²) < 4.78 is 25.0. The highest BCUT2D eigenvalue weighted by Crippen LogP contribution is 2.28. The summed E-state index contributed by atoms with van der Waals surface area (Å²) in [5.74, 6) is 2.01. The van der Waals surface area contributed by atoms with Crippen LogP contribution in [0.3, 0.4) is 0 Å². The van der Waals surface area contributed by atoms with Gasteiger partial charge in [-0.2, -0.15) is 11.8 Å². The van der Waals surface area contributed by atoms with Crippen LogP contribution in [0, 0.1) is 0 Å². The van der Waals surface area contributed by atoms with E-state index >= 15 is 0 Å². The van der Waals surface area contributed by atoms with E-state index in [9.17, 15) is 8.42 Å². The number of rotatable bonds is 5. The van der Waals surface area contributed by atoms with Gasteiger partial charge in [0.25, 0.3) is 9.05 Å². The number of fused-ring (bicyclic) bond motifs is 1. The Morgan fingerprint density at radius 3 is 2.72 bits per heavy atom. The number of aryl methyl sites for hydroxylation is 1. The molecular weight excluding hydrogens is 290 g/mol. The largest absolute Gasteiger partial charge is 0.345 e. The van der Waals surface area contributed by atoms with Gasteiger partial charge in [-0.1, -0.05) is 25.1 Å². The van der Waals surface area contributed by atoms with Crippen molar-refractivity contribution in [1.29, 1.82) is 0 Å². The number of nitrogens with zero attached hydrogens (tertiary/aromatic N) is 1. The van der Waals surface area contributed by atoms with Gasteiger partial charge in [0.1, 0.15) is 4.90 Å². The second-order valence-electron chi connectivity index (χ2n) is 3.84. The standard InChI is InChI=1S/C12H14ClNO2S2/c1-2-17-8-7-14-9-12(18(13,15)16)10-5-3-4-6-11(10)14/h3-6,9H,2,7-8H2,1H3. The van der Waals surface area contributed by atoms with Crippen molar-refractivity contribution in [3.8, 4) is 0 Å². The lowest BCUT2D eigenvalue weighted by atomic mass is 10.2. The minimum atomic E-state index is -3.69. The van der Waals surface area contributed by atoms with Gasteiger partial charge in [-0.05, 0) is 11.8 Å². The smallest absolute Gasteiger partial charge is 0.263 e. The summed E-state index contributed by atoms with van der Waals surface area (Å²) in [6.07, 6.45) is 1.63. The lowest BCUT2D eigenvalue weighted by Crippen LogP contribution is -1.98. The molecule has 0 aliphatic carbocycles. The van der Waals surface area contributed by atoms with Crippen molar-refractivity contribution in [3.05, 3.63) is 30.5 Å². The van der Waals surface area contributed by atoms with Gasteiger partial charge >= 0.3 is 0 Å². The van der Waals surface area contributed by atoms with Crippen molar-refractivity contribution in [2.24, 2.45) is 0 Å². The zero-order chi connectivity index (χ0) is 13.2. The molecule has 0 aliphatic rings. The molecule has 0 amide bonds. The summed E-state index contributed by atoms with van der Waals surface area (Å²) in [6, 6.07) is 7.42. The van der Waals surface area contributed by atoms with Gasteiger partial charge in [-0.15, -0.1) is 0 Å². The fraction of sp³-hybridized carbons (Fsp3) is 0.333. The lowest BCUT2D eigenvalue weighted by Gasteiger charge is -2.03. The Hall–Kier alpha value is -0.650. The number of benzene rings is 1. The van der Waals surface area contributed by atoms with Gasteiger partial charge in [0, 0.05) is 40.1 Å². The first-order chi connectivity index (χ1) is 8.54. The maximum absolute atomic E-state index is 11.5. The van der Waals surface area contributed by atoms with E-state index in [1.54, 1.807) is 12.3 Å². The third-order valence-corrected chi connectivity index (χ3v) is 4.92. The molecule has 0 saturated carbocycles. The molecule has 0 radical (unpaired) electrons. The summed E-state index contributed by atoms with van der Waals surface area (Å²) >= 11 is 1.82. The molecule has 0 saturated heterocycles. The van der Waals surface area contributed by atoms with Crippen molar-refractivity contribution in [1.82, 2.24) is 4.57 Å². The Morgan fingerprint density at radius 2 is 2.06 bits per heavy atom. The fourth-order valence-corrected chi connectivity index (χ4v) is 3.57. The summed E-state index contributed by atoms with van der Waals surface area (Å²) in [6.45, 7) is 2.89. The Balaban J connectivity index is 2.48. The molecule has 0 atom stereocenters. The number of aromatic nitrogens is 1. The number of para-hydroxylation sites is 1. The highest BCUT2D eigenvalue weighted by molar-refractivity contribution is 8.14. The SMILES string of the molecule is CCSCCn1cc(S(=O)(=O)Cl)c2ccccc21. The Bertz CT molecular complexity index is 649. The second-order valence-corrected chi connectivity index (χ2v) is 7.77. The number of thioether (sulfide) groups is 1. The molecule has 98 valence electrons. The van der Waals surface area contributed by atoms with Crippen molar-refractivity contribution >= 4 is 42.4 Å². The summed E-state index contributed by atoms with van der Waals surface area (Å²) in [5, 5.41) is 0.689. The zero-order valence-corrected chi connectivity index (χ0v) is 12.4. The van der Waals surface area contributed by atoms with E-state index in [2.05, 4.69) is 6.92 Å². The van der Waals surface area contributed by atoms with Crippen LogP contribution in [0.25, 0.3) is 10.9 Å². The Labute approximate surface area is 116 Å². The molecule has 1 heterocycles. The lowest BCUT2D eigenvalue weighted by molar-refractivity contribution is 0.609. The molecule has 1 aromatic carbocycles. The highest BCUT2D eigenvalue weighted by Gasteiger charge is 2.18. The topological polar surface area (TPSA) is 39.1 Å². The van der Waals surface area contributed by atoms with Crippen molar-refractivity contribution in [2.75, 3.05) is 11.5 Å². The molecule has 0 spiro atoms. The average Bonchev–Trinajstić information content (AvgIpc) is 2.69. The average molecular weight is 304 g/mol. The predicted octanol–water partition coefficient (Wildman–Crippen LogP) is 3.32. The van der Waals surface area contributed by atoms with E-state index in [0.29, 0.717) is 5.39 Å². The molecule has 18 heavy (non-hydrogen) atoms. The molecule has 0 N–H and O–H groups in total. The first-order valence-electron chi connectivity index (χ1n) is 5.64. The molecule has 1 aromatic heterocycles. The van der Waals surface area contributed by atoms with Crippen LogP contribution < -0.4 is 0 Å². The van der Waals surface area contributed by atoms with Crippen molar-refractivity contribution in [2.45, 2.75) is 18.4 Å². The normalized spacial score (nSPS) is 12.1. The van der Waals surface area contributed by atoms with Crippen molar-refractivity contribution in [3.63, 3.8) is 0 Å². The summed E-state index contributed by atoms with van der Waals surface area (Å²) in [5.41, 5.74) is 0.911. The van der Waals surface area contributed by atoms with Crippen LogP contribution in [0.5, 0.6) is 0 Å².